The van der Waals surface area contributed by atoms with Gasteiger partial charge in [-0.1, -0.05) is 23.5 Å². The summed E-state index contributed by atoms with van der Waals surface area (Å²) in [4.78, 5) is 20.5. The second-order valence-corrected chi connectivity index (χ2v) is 6.91. The predicted molar refractivity (Wildman–Crippen MR) is 92.2 cm³/mol. The summed E-state index contributed by atoms with van der Waals surface area (Å²) in [5, 5.41) is 7.54. The number of carbonyl (C=O) groups excluding carboxylic acids is 1. The summed E-state index contributed by atoms with van der Waals surface area (Å²) in [5.41, 5.74) is 2.61. The first kappa shape index (κ1) is 15.7. The first-order valence-corrected chi connectivity index (χ1v) is 8.94. The molecule has 23 heavy (non-hydrogen) atoms. The highest BCUT2D eigenvalue weighted by molar-refractivity contribution is 8.00. The molecule has 0 aliphatic rings. The number of hydrogen-bond donors (Lipinski definition) is 1. The number of aromatic nitrogens is 4. The van der Waals surface area contributed by atoms with Crippen LogP contribution in [0.4, 0.5) is 5.13 Å². The number of carbonyl (C=O) groups is 1. The Morgan fingerprint density at radius 1 is 1.35 bits per heavy atom. The van der Waals surface area contributed by atoms with Crippen LogP contribution in [0.25, 0.3) is 0 Å². The fourth-order valence-electron chi connectivity index (χ4n) is 2.06. The van der Waals surface area contributed by atoms with Crippen LogP contribution in [0.1, 0.15) is 21.6 Å². The zero-order chi connectivity index (χ0) is 16.2. The van der Waals surface area contributed by atoms with E-state index in [1.54, 1.807) is 34.9 Å². The van der Waals surface area contributed by atoms with Crippen LogP contribution in [0, 0.1) is 6.92 Å². The maximum atomic E-state index is 12.3. The average molecular weight is 345 g/mol. The largest absolute Gasteiger partial charge is 0.298 e. The van der Waals surface area contributed by atoms with Crippen molar-refractivity contribution >= 4 is 34.1 Å². The maximum absolute atomic E-state index is 12.3. The predicted octanol–water partition coefficient (Wildman–Crippen LogP) is 3.07. The zero-order valence-corrected chi connectivity index (χ0v) is 14.3. The van der Waals surface area contributed by atoms with Crippen LogP contribution in [-0.4, -0.2) is 31.9 Å². The van der Waals surface area contributed by atoms with Crippen molar-refractivity contribution in [1.29, 1.82) is 0 Å². The molecule has 2 aromatic heterocycles. The van der Waals surface area contributed by atoms with Crippen LogP contribution in [0.3, 0.4) is 0 Å². The Kier molecular flexibility index (Phi) is 4.73. The monoisotopic (exact) mass is 345 g/mol. The van der Waals surface area contributed by atoms with Gasteiger partial charge in [-0.2, -0.15) is 5.10 Å². The number of hydrogen-bond acceptors (Lipinski definition) is 6. The minimum absolute atomic E-state index is 0.154. The normalized spacial score (nSPS) is 10.7. The van der Waals surface area contributed by atoms with Gasteiger partial charge in [0, 0.05) is 5.56 Å². The van der Waals surface area contributed by atoms with E-state index in [1.807, 2.05) is 25.3 Å². The number of nitrogens with zero attached hydrogens (tertiary/aromatic N) is 4. The lowest BCUT2D eigenvalue weighted by Gasteiger charge is -2.04. The minimum atomic E-state index is -0.154. The van der Waals surface area contributed by atoms with Crippen molar-refractivity contribution in [2.45, 2.75) is 17.7 Å². The van der Waals surface area contributed by atoms with E-state index in [9.17, 15) is 4.79 Å². The van der Waals surface area contributed by atoms with E-state index in [2.05, 4.69) is 20.4 Å². The summed E-state index contributed by atoms with van der Waals surface area (Å²) in [7, 11) is 0. The molecule has 0 unspecified atom stereocenters. The van der Waals surface area contributed by atoms with Crippen LogP contribution in [0.2, 0.25) is 0 Å². The van der Waals surface area contributed by atoms with Gasteiger partial charge < -0.3 is 0 Å². The molecule has 8 heteroatoms. The molecular weight excluding hydrogens is 330 g/mol. The Labute approximate surface area is 142 Å². The van der Waals surface area contributed by atoms with Crippen LogP contribution < -0.4 is 5.32 Å². The number of thioether (sulfide) groups is 1. The van der Waals surface area contributed by atoms with Gasteiger partial charge in [0.2, 0.25) is 0 Å². The summed E-state index contributed by atoms with van der Waals surface area (Å²) in [6, 6.07) is 7.43. The van der Waals surface area contributed by atoms with Crippen molar-refractivity contribution in [2.24, 2.45) is 0 Å². The second-order valence-electron chi connectivity index (χ2n) is 4.84. The third-order valence-corrected chi connectivity index (χ3v) is 5.47. The maximum Gasteiger partial charge on any atom is 0.257 e. The molecule has 0 saturated heterocycles. The van der Waals surface area contributed by atoms with Crippen molar-refractivity contribution in [1.82, 2.24) is 19.7 Å². The molecule has 1 amide bonds. The van der Waals surface area contributed by atoms with Gasteiger partial charge in [-0.3, -0.25) is 10.1 Å². The van der Waals surface area contributed by atoms with E-state index in [0.29, 0.717) is 17.2 Å². The van der Waals surface area contributed by atoms with Crippen molar-refractivity contribution in [3.8, 4) is 0 Å². The number of thiazole rings is 1. The van der Waals surface area contributed by atoms with E-state index < -0.39 is 0 Å². The molecule has 0 aliphatic heterocycles. The number of amides is 1. The highest BCUT2D eigenvalue weighted by Gasteiger charge is 2.11. The third kappa shape index (κ3) is 3.77. The summed E-state index contributed by atoms with van der Waals surface area (Å²) in [6.45, 7) is 2.57. The highest BCUT2D eigenvalue weighted by atomic mass is 32.2. The van der Waals surface area contributed by atoms with Crippen molar-refractivity contribution in [3.63, 3.8) is 0 Å². The second kappa shape index (κ2) is 6.93. The summed E-state index contributed by atoms with van der Waals surface area (Å²) >= 11 is 3.12. The van der Waals surface area contributed by atoms with Gasteiger partial charge in [-0.05, 0) is 30.9 Å². The Morgan fingerprint density at radius 2 is 2.13 bits per heavy atom. The summed E-state index contributed by atoms with van der Waals surface area (Å²) in [6.07, 6.45) is 5.16. The number of nitrogens with one attached hydrogen (secondary N) is 1. The molecule has 3 aromatic rings. The quantitative estimate of drug-likeness (QED) is 0.720. The van der Waals surface area contributed by atoms with E-state index in [4.69, 9.17) is 0 Å². The van der Waals surface area contributed by atoms with Crippen molar-refractivity contribution in [2.75, 3.05) is 11.6 Å². The van der Waals surface area contributed by atoms with Crippen molar-refractivity contribution in [3.05, 3.63) is 53.7 Å². The van der Waals surface area contributed by atoms with Gasteiger partial charge in [0.25, 0.3) is 5.91 Å². The minimum Gasteiger partial charge on any atom is -0.298 e. The number of benzene rings is 1. The first-order valence-electron chi connectivity index (χ1n) is 6.90. The van der Waals surface area contributed by atoms with Crippen LogP contribution >= 0.6 is 23.1 Å². The third-order valence-electron chi connectivity index (χ3n) is 3.19. The standard InChI is InChI=1S/C15H15N5OS2/c1-10-14(22-2)23-15(18-10)19-13(21)12-5-3-11(4-6-12)7-20-9-16-8-17-20/h3-6,8-9H,7H2,1-2H3,(H,18,19,21). The topological polar surface area (TPSA) is 72.7 Å². The van der Waals surface area contributed by atoms with Crippen LogP contribution in [0.5, 0.6) is 0 Å². The molecule has 0 aliphatic carbocycles. The molecule has 2 heterocycles. The summed E-state index contributed by atoms with van der Waals surface area (Å²) < 4.78 is 2.85. The van der Waals surface area contributed by atoms with Crippen LogP contribution in [0.15, 0.2) is 41.1 Å². The molecule has 1 aromatic carbocycles. The molecule has 118 valence electrons. The van der Waals surface area contributed by atoms with Crippen LogP contribution in [-0.2, 0) is 6.54 Å². The van der Waals surface area contributed by atoms with Crippen molar-refractivity contribution < 1.29 is 4.79 Å². The van der Waals surface area contributed by atoms with E-state index in [-0.39, 0.29) is 5.91 Å². The highest BCUT2D eigenvalue weighted by Crippen LogP contribution is 2.30. The van der Waals surface area contributed by atoms with Gasteiger partial charge in [-0.15, -0.1) is 11.8 Å². The zero-order valence-electron chi connectivity index (χ0n) is 12.7. The molecule has 0 saturated carbocycles. The molecule has 6 nitrogen and oxygen atoms in total. The molecule has 1 N–H and O–H groups in total. The average Bonchev–Trinajstić information content (AvgIpc) is 3.17. The van der Waals surface area contributed by atoms with Gasteiger partial charge >= 0.3 is 0 Å². The fourth-order valence-corrected chi connectivity index (χ4v) is 3.66. The lowest BCUT2D eigenvalue weighted by molar-refractivity contribution is 0.102. The lowest BCUT2D eigenvalue weighted by Crippen LogP contribution is -2.11. The smallest absolute Gasteiger partial charge is 0.257 e. The SMILES string of the molecule is CSc1sc(NC(=O)c2ccc(Cn3cncn3)cc2)nc1C. The molecule has 3 rings (SSSR count). The van der Waals surface area contributed by atoms with Gasteiger partial charge in [-0.25, -0.2) is 14.6 Å². The number of rotatable bonds is 5. The molecule has 0 radical (unpaired) electrons. The Hall–Kier alpha value is -2.19. The Bertz CT molecular complexity index is 796. The Balaban J connectivity index is 1.67. The number of anilines is 1. The van der Waals surface area contributed by atoms with Gasteiger partial charge in [0.15, 0.2) is 5.13 Å². The Morgan fingerprint density at radius 3 is 2.74 bits per heavy atom. The van der Waals surface area contributed by atoms with Gasteiger partial charge in [0.05, 0.1) is 16.4 Å². The number of aryl methyl sites for hydroxylation is 1. The van der Waals surface area contributed by atoms with E-state index in [0.717, 1.165) is 15.5 Å². The molecular formula is C15H15N5OS2. The fraction of sp³-hybridized carbons (Fsp3) is 0.200. The lowest BCUT2D eigenvalue weighted by atomic mass is 10.1. The molecule has 0 bridgehead atoms. The molecule has 0 fully saturated rings. The molecule has 0 atom stereocenters. The molecule has 0 spiro atoms. The van der Waals surface area contributed by atoms with Gasteiger partial charge in [0.1, 0.15) is 12.7 Å². The van der Waals surface area contributed by atoms with E-state index >= 15 is 0 Å². The van der Waals surface area contributed by atoms with E-state index in [1.165, 1.54) is 17.7 Å². The first-order chi connectivity index (χ1) is 11.2. The summed E-state index contributed by atoms with van der Waals surface area (Å²) in [5.74, 6) is -0.154.